The van der Waals surface area contributed by atoms with Crippen LogP contribution in [0.4, 0.5) is 4.79 Å². The number of hydrogen-bond acceptors (Lipinski definition) is 6. The molecule has 1 aliphatic heterocycles. The molecule has 0 atom stereocenters. The summed E-state index contributed by atoms with van der Waals surface area (Å²) < 4.78 is 27.8. The number of nitrogens with one attached hydrogen (secondary N) is 1. The Morgan fingerprint density at radius 1 is 1.11 bits per heavy atom. The zero-order valence-electron chi connectivity index (χ0n) is 22.2. The van der Waals surface area contributed by atoms with Crippen LogP contribution < -0.4 is 5.32 Å². The third-order valence-electron chi connectivity index (χ3n) is 7.87. The molecule has 1 aliphatic carbocycles. The number of methoxy groups -OCH3 is 1. The molecule has 9 nitrogen and oxygen atoms in total. The third-order valence-corrected chi connectivity index (χ3v) is 8.81. The topological polar surface area (TPSA) is 99.3 Å². The molecule has 0 aromatic heterocycles. The number of benzene rings is 1. The van der Waals surface area contributed by atoms with E-state index in [-0.39, 0.29) is 41.7 Å². The van der Waals surface area contributed by atoms with E-state index < -0.39 is 9.84 Å². The summed E-state index contributed by atoms with van der Waals surface area (Å²) in [4.78, 5) is 31.9. The van der Waals surface area contributed by atoms with Crippen LogP contribution in [0.15, 0.2) is 30.3 Å². The van der Waals surface area contributed by atoms with Crippen LogP contribution >= 0.6 is 0 Å². The van der Waals surface area contributed by atoms with Gasteiger partial charge in [-0.05, 0) is 51.8 Å². The molecule has 1 N–H and O–H groups in total. The van der Waals surface area contributed by atoms with Crippen molar-refractivity contribution in [2.45, 2.75) is 49.6 Å². The van der Waals surface area contributed by atoms with E-state index >= 15 is 0 Å². The molecule has 2 aliphatic rings. The van der Waals surface area contributed by atoms with E-state index in [1.807, 2.05) is 11.0 Å². The van der Waals surface area contributed by atoms with Crippen LogP contribution in [0.1, 0.15) is 44.1 Å². The standard InChI is InChI=1S/C26H42N4O5S/c1-28(2)26(22-9-6-5-7-10-22)14-12-25(13-15-26)21-29(24(32)30(25)17-8-19-35-3)18-11-23(31)27-16-20-36(4,33)34/h5-7,9-10H,8,11-21H2,1-4H3,(H,27,31)/t25-,26-. The highest BCUT2D eigenvalue weighted by Gasteiger charge is 2.54. The zero-order chi connectivity index (χ0) is 26.4. The Hall–Kier alpha value is -2.17. The Kier molecular flexibility index (Phi) is 9.40. The van der Waals surface area contributed by atoms with Crippen molar-refractivity contribution in [1.29, 1.82) is 0 Å². The first kappa shape index (κ1) is 28.4. The van der Waals surface area contributed by atoms with Crippen molar-refractivity contribution in [2.24, 2.45) is 0 Å². The molecule has 202 valence electrons. The lowest BCUT2D eigenvalue weighted by atomic mass is 9.68. The first-order valence-electron chi connectivity index (χ1n) is 12.8. The van der Waals surface area contributed by atoms with Crippen LogP contribution in [-0.2, 0) is 24.9 Å². The van der Waals surface area contributed by atoms with Gasteiger partial charge in [0.2, 0.25) is 5.91 Å². The van der Waals surface area contributed by atoms with Gasteiger partial charge >= 0.3 is 6.03 Å². The first-order chi connectivity index (χ1) is 17.0. The molecule has 36 heavy (non-hydrogen) atoms. The Balaban J connectivity index is 1.70. The summed E-state index contributed by atoms with van der Waals surface area (Å²) in [6, 6.07) is 10.6. The average molecular weight is 523 g/mol. The summed E-state index contributed by atoms with van der Waals surface area (Å²) in [7, 11) is 2.81. The van der Waals surface area contributed by atoms with Gasteiger partial charge in [0, 0.05) is 58.1 Å². The van der Waals surface area contributed by atoms with E-state index in [0.717, 1.165) is 38.4 Å². The fourth-order valence-electron chi connectivity index (χ4n) is 5.76. The molecule has 0 bridgehead atoms. The van der Waals surface area contributed by atoms with Gasteiger partial charge in [-0.3, -0.25) is 9.69 Å². The van der Waals surface area contributed by atoms with Crippen molar-refractivity contribution >= 4 is 21.8 Å². The normalized spacial score (nSPS) is 24.6. The number of amides is 3. The monoisotopic (exact) mass is 522 g/mol. The van der Waals surface area contributed by atoms with Gasteiger partial charge in [0.1, 0.15) is 9.84 Å². The smallest absolute Gasteiger partial charge is 0.320 e. The van der Waals surface area contributed by atoms with E-state index in [4.69, 9.17) is 4.74 Å². The van der Waals surface area contributed by atoms with E-state index in [2.05, 4.69) is 48.6 Å². The van der Waals surface area contributed by atoms with E-state index in [1.165, 1.54) is 5.56 Å². The fourth-order valence-corrected chi connectivity index (χ4v) is 6.23. The van der Waals surface area contributed by atoms with Gasteiger partial charge in [-0.15, -0.1) is 0 Å². The zero-order valence-corrected chi connectivity index (χ0v) is 23.0. The maximum Gasteiger partial charge on any atom is 0.320 e. The molecule has 1 aromatic carbocycles. The van der Waals surface area contributed by atoms with Crippen LogP contribution in [-0.4, -0.2) is 107 Å². The van der Waals surface area contributed by atoms with Gasteiger partial charge < -0.3 is 19.9 Å². The minimum absolute atomic E-state index is 0.0212. The lowest BCUT2D eigenvalue weighted by Crippen LogP contribution is -2.55. The van der Waals surface area contributed by atoms with Crippen LogP contribution in [0.5, 0.6) is 0 Å². The summed E-state index contributed by atoms with van der Waals surface area (Å²) in [5.41, 5.74) is 0.981. The largest absolute Gasteiger partial charge is 0.385 e. The molecule has 1 aromatic rings. The van der Waals surface area contributed by atoms with E-state index in [9.17, 15) is 18.0 Å². The van der Waals surface area contributed by atoms with Crippen molar-refractivity contribution in [2.75, 3.05) is 66.0 Å². The van der Waals surface area contributed by atoms with Crippen molar-refractivity contribution in [3.05, 3.63) is 35.9 Å². The number of urea groups is 1. The van der Waals surface area contributed by atoms with Gasteiger partial charge in [-0.2, -0.15) is 0 Å². The highest BCUT2D eigenvalue weighted by atomic mass is 32.2. The van der Waals surface area contributed by atoms with Gasteiger partial charge in [0.05, 0.1) is 11.3 Å². The molecule has 0 unspecified atom stereocenters. The summed E-state index contributed by atoms with van der Waals surface area (Å²) >= 11 is 0. The Morgan fingerprint density at radius 2 is 1.78 bits per heavy atom. The van der Waals surface area contributed by atoms with Crippen LogP contribution in [0, 0.1) is 0 Å². The number of sulfone groups is 1. The van der Waals surface area contributed by atoms with E-state index in [1.54, 1.807) is 12.0 Å². The van der Waals surface area contributed by atoms with Gasteiger partial charge in [0.15, 0.2) is 0 Å². The summed E-state index contributed by atoms with van der Waals surface area (Å²) in [6.45, 7) is 2.24. The Labute approximate surface area is 216 Å². The molecule has 3 rings (SSSR count). The predicted octanol–water partition coefficient (Wildman–Crippen LogP) is 2.08. The molecule has 1 saturated carbocycles. The lowest BCUT2D eigenvalue weighted by molar-refractivity contribution is -0.121. The second-order valence-corrected chi connectivity index (χ2v) is 12.7. The lowest BCUT2D eigenvalue weighted by Gasteiger charge is -2.51. The van der Waals surface area contributed by atoms with Crippen LogP contribution in [0.3, 0.4) is 0 Å². The molecular formula is C26H42N4O5S. The maximum absolute atomic E-state index is 13.5. The highest BCUT2D eigenvalue weighted by Crippen LogP contribution is 2.48. The Morgan fingerprint density at radius 3 is 2.36 bits per heavy atom. The second kappa shape index (κ2) is 11.9. The average Bonchev–Trinajstić information content (AvgIpc) is 3.09. The van der Waals surface area contributed by atoms with Crippen molar-refractivity contribution in [3.8, 4) is 0 Å². The number of nitrogens with zero attached hydrogens (tertiary/aromatic N) is 3. The highest BCUT2D eigenvalue weighted by molar-refractivity contribution is 7.90. The molecule has 1 spiro atoms. The fraction of sp³-hybridized carbons (Fsp3) is 0.692. The number of hydrogen-bond donors (Lipinski definition) is 1. The maximum atomic E-state index is 13.5. The minimum atomic E-state index is -3.13. The molecular weight excluding hydrogens is 480 g/mol. The first-order valence-corrected chi connectivity index (χ1v) is 14.8. The summed E-state index contributed by atoms with van der Waals surface area (Å²) in [5.74, 6) is -0.329. The molecule has 3 amide bonds. The van der Waals surface area contributed by atoms with E-state index in [0.29, 0.717) is 26.2 Å². The molecule has 1 heterocycles. The predicted molar refractivity (Wildman–Crippen MR) is 141 cm³/mol. The van der Waals surface area contributed by atoms with Gasteiger partial charge in [-0.25, -0.2) is 13.2 Å². The number of ether oxygens (including phenoxy) is 1. The van der Waals surface area contributed by atoms with Crippen molar-refractivity contribution in [1.82, 2.24) is 20.0 Å². The summed E-state index contributed by atoms with van der Waals surface area (Å²) in [6.07, 6.45) is 5.72. The Bertz CT molecular complexity index is 991. The molecule has 1 saturated heterocycles. The minimum Gasteiger partial charge on any atom is -0.385 e. The van der Waals surface area contributed by atoms with Crippen LogP contribution in [0.25, 0.3) is 0 Å². The SMILES string of the molecule is COCCCN1C(=O)N(CCC(=O)NCCS(C)(=O)=O)C[C@]12CC[C@@](c1ccccc1)(N(C)C)CC2. The third kappa shape index (κ3) is 6.58. The molecule has 2 fully saturated rings. The number of carbonyl (C=O) groups is 2. The van der Waals surface area contributed by atoms with Gasteiger partial charge in [-0.1, -0.05) is 30.3 Å². The quantitative estimate of drug-likeness (QED) is 0.422. The van der Waals surface area contributed by atoms with Crippen molar-refractivity contribution in [3.63, 3.8) is 0 Å². The molecule has 10 heteroatoms. The van der Waals surface area contributed by atoms with Crippen LogP contribution in [0.2, 0.25) is 0 Å². The van der Waals surface area contributed by atoms with Gasteiger partial charge in [0.25, 0.3) is 0 Å². The number of carbonyl (C=O) groups excluding carboxylic acids is 2. The molecule has 0 radical (unpaired) electrons. The number of rotatable bonds is 12. The second-order valence-electron chi connectivity index (χ2n) is 10.4. The summed E-state index contributed by atoms with van der Waals surface area (Å²) in [5, 5.41) is 2.65. The van der Waals surface area contributed by atoms with Crippen molar-refractivity contribution < 1.29 is 22.7 Å².